The van der Waals surface area contributed by atoms with Gasteiger partial charge in [-0.2, -0.15) is 8.42 Å². The molecule has 0 fully saturated rings. The van der Waals surface area contributed by atoms with Crippen molar-refractivity contribution in [1.82, 2.24) is 4.72 Å². The van der Waals surface area contributed by atoms with E-state index < -0.39 is 28.4 Å². The summed E-state index contributed by atoms with van der Waals surface area (Å²) in [5, 5.41) is 8.97. The maximum atomic E-state index is 11.7. The summed E-state index contributed by atoms with van der Waals surface area (Å²) in [5.41, 5.74) is 0.459. The number of benzene rings is 1. The number of nitrogens with one attached hydrogen (secondary N) is 2. The molecule has 0 unspecified atom stereocenters. The number of aryl methyl sites for hydroxylation is 1. The van der Waals surface area contributed by atoms with Gasteiger partial charge >= 0.3 is 22.3 Å². The zero-order chi connectivity index (χ0) is 16.2. The monoisotopic (exact) mass is 316 g/mol. The van der Waals surface area contributed by atoms with Crippen LogP contribution < -0.4 is 9.44 Å². The summed E-state index contributed by atoms with van der Waals surface area (Å²) in [4.78, 5) is 22.2. The Kier molecular flexibility index (Phi) is 5.14. The minimum Gasteiger partial charge on any atom is -0.478 e. The van der Waals surface area contributed by atoms with Crippen LogP contribution in [0.3, 0.4) is 0 Å². The standard InChI is InChI=1S/C12H16N2O6S/c1-7(2)20-12(17)14-21(18,19)13-9-5-4-8(3)10(6-9)11(15)16/h4-7,13H,1-3H3,(H,14,17)(H,15,16). The molecule has 21 heavy (non-hydrogen) atoms. The van der Waals surface area contributed by atoms with Gasteiger partial charge in [0, 0.05) is 0 Å². The zero-order valence-corrected chi connectivity index (χ0v) is 12.5. The van der Waals surface area contributed by atoms with Gasteiger partial charge in [0.25, 0.3) is 0 Å². The van der Waals surface area contributed by atoms with Gasteiger partial charge < -0.3 is 9.84 Å². The summed E-state index contributed by atoms with van der Waals surface area (Å²) in [6, 6.07) is 3.99. The van der Waals surface area contributed by atoms with Gasteiger partial charge in [0.1, 0.15) is 0 Å². The molecule has 0 saturated carbocycles. The first kappa shape index (κ1) is 16.8. The van der Waals surface area contributed by atoms with Crippen molar-refractivity contribution < 1.29 is 27.9 Å². The molecule has 8 nitrogen and oxygen atoms in total. The Balaban J connectivity index is 2.87. The van der Waals surface area contributed by atoms with Gasteiger partial charge in [-0.25, -0.2) is 14.3 Å². The highest BCUT2D eigenvalue weighted by molar-refractivity contribution is 7.91. The maximum Gasteiger partial charge on any atom is 0.422 e. The van der Waals surface area contributed by atoms with E-state index in [-0.39, 0.29) is 11.3 Å². The lowest BCUT2D eigenvalue weighted by Gasteiger charge is -2.12. The molecule has 0 aliphatic heterocycles. The van der Waals surface area contributed by atoms with Crippen LogP contribution in [0.5, 0.6) is 0 Å². The number of ether oxygens (including phenoxy) is 1. The smallest absolute Gasteiger partial charge is 0.422 e. The van der Waals surface area contributed by atoms with Gasteiger partial charge in [-0.15, -0.1) is 0 Å². The van der Waals surface area contributed by atoms with Crippen LogP contribution in [0, 0.1) is 6.92 Å². The molecular weight excluding hydrogens is 300 g/mol. The largest absolute Gasteiger partial charge is 0.478 e. The molecule has 0 aliphatic carbocycles. The number of rotatable bonds is 5. The quantitative estimate of drug-likeness (QED) is 0.756. The molecule has 1 rings (SSSR count). The molecule has 1 amide bonds. The number of carboxylic acids is 1. The minimum absolute atomic E-state index is 0.0165. The zero-order valence-electron chi connectivity index (χ0n) is 11.7. The summed E-state index contributed by atoms with van der Waals surface area (Å²) < 4.78 is 31.7. The van der Waals surface area contributed by atoms with Crippen LogP contribution >= 0.6 is 0 Å². The van der Waals surface area contributed by atoms with Gasteiger partial charge in [0.05, 0.1) is 17.4 Å². The molecule has 0 atom stereocenters. The second kappa shape index (κ2) is 6.44. The molecular formula is C12H16N2O6S. The van der Waals surface area contributed by atoms with Gasteiger partial charge in [0.15, 0.2) is 0 Å². The van der Waals surface area contributed by atoms with Gasteiger partial charge in [-0.1, -0.05) is 6.07 Å². The van der Waals surface area contributed by atoms with Gasteiger partial charge in [-0.3, -0.25) is 4.72 Å². The molecule has 0 spiro atoms. The summed E-state index contributed by atoms with van der Waals surface area (Å²) in [6.45, 7) is 4.72. The fourth-order valence-electron chi connectivity index (χ4n) is 1.44. The second-order valence-electron chi connectivity index (χ2n) is 4.50. The Morgan fingerprint density at radius 3 is 2.43 bits per heavy atom. The molecule has 0 aromatic heterocycles. The molecule has 116 valence electrons. The van der Waals surface area contributed by atoms with Crippen LogP contribution in [0.2, 0.25) is 0 Å². The second-order valence-corrected chi connectivity index (χ2v) is 5.91. The fraction of sp³-hybridized carbons (Fsp3) is 0.333. The highest BCUT2D eigenvalue weighted by atomic mass is 32.2. The first-order valence-corrected chi connectivity index (χ1v) is 7.44. The number of carboxylic acid groups (broad SMARTS) is 1. The summed E-state index contributed by atoms with van der Waals surface area (Å²) in [6.07, 6.45) is -1.60. The van der Waals surface area contributed by atoms with E-state index >= 15 is 0 Å². The summed E-state index contributed by atoms with van der Waals surface area (Å²) in [5.74, 6) is -1.18. The number of aromatic carboxylic acids is 1. The van der Waals surface area contributed by atoms with E-state index in [9.17, 15) is 18.0 Å². The van der Waals surface area contributed by atoms with Crippen molar-refractivity contribution in [3.63, 3.8) is 0 Å². The van der Waals surface area contributed by atoms with E-state index in [1.807, 2.05) is 4.72 Å². The predicted molar refractivity (Wildman–Crippen MR) is 75.4 cm³/mol. The van der Waals surface area contributed by atoms with Crippen molar-refractivity contribution in [2.75, 3.05) is 4.72 Å². The number of hydrogen-bond donors (Lipinski definition) is 3. The molecule has 0 heterocycles. The van der Waals surface area contributed by atoms with Crippen molar-refractivity contribution in [1.29, 1.82) is 0 Å². The van der Waals surface area contributed by atoms with E-state index in [0.717, 1.165) is 6.07 Å². The molecule has 0 radical (unpaired) electrons. The Bertz CT molecular complexity index is 654. The highest BCUT2D eigenvalue weighted by Gasteiger charge is 2.17. The number of hydrogen-bond acceptors (Lipinski definition) is 5. The van der Waals surface area contributed by atoms with Gasteiger partial charge in [0.2, 0.25) is 0 Å². The van der Waals surface area contributed by atoms with Crippen LogP contribution in [-0.4, -0.2) is 31.7 Å². The van der Waals surface area contributed by atoms with Crippen LogP contribution in [-0.2, 0) is 14.9 Å². The molecule has 3 N–H and O–H groups in total. The number of anilines is 1. The number of carbonyl (C=O) groups is 2. The minimum atomic E-state index is -4.20. The SMILES string of the molecule is Cc1ccc(NS(=O)(=O)NC(=O)OC(C)C)cc1C(=O)O. The lowest BCUT2D eigenvalue weighted by atomic mass is 10.1. The van der Waals surface area contributed by atoms with Crippen LogP contribution in [0.4, 0.5) is 10.5 Å². The molecule has 1 aromatic rings. The lowest BCUT2D eigenvalue weighted by molar-refractivity contribution is 0.0696. The van der Waals surface area contributed by atoms with Crippen molar-refractivity contribution in [3.05, 3.63) is 29.3 Å². The van der Waals surface area contributed by atoms with E-state index in [1.165, 1.54) is 12.1 Å². The van der Waals surface area contributed by atoms with E-state index in [2.05, 4.69) is 4.74 Å². The van der Waals surface area contributed by atoms with Crippen LogP contribution in [0.25, 0.3) is 0 Å². The first-order chi connectivity index (χ1) is 9.60. The Morgan fingerprint density at radius 1 is 1.29 bits per heavy atom. The third-order valence-electron chi connectivity index (χ3n) is 2.28. The van der Waals surface area contributed by atoms with Crippen molar-refractivity contribution in [3.8, 4) is 0 Å². The average Bonchev–Trinajstić information content (AvgIpc) is 2.28. The molecule has 0 bridgehead atoms. The van der Waals surface area contributed by atoms with Crippen molar-refractivity contribution >= 4 is 28.0 Å². The molecule has 0 aliphatic rings. The topological polar surface area (TPSA) is 122 Å². The van der Waals surface area contributed by atoms with Crippen molar-refractivity contribution in [2.24, 2.45) is 0 Å². The lowest BCUT2D eigenvalue weighted by Crippen LogP contribution is -2.36. The third-order valence-corrected chi connectivity index (χ3v) is 3.22. The van der Waals surface area contributed by atoms with Gasteiger partial charge in [-0.05, 0) is 38.5 Å². The predicted octanol–water partition coefficient (Wildman–Crippen LogP) is 1.48. The maximum absolute atomic E-state index is 11.7. The Hall–Kier alpha value is -2.29. The first-order valence-electron chi connectivity index (χ1n) is 5.96. The molecule has 9 heteroatoms. The Labute approximate surface area is 122 Å². The van der Waals surface area contributed by atoms with E-state index in [0.29, 0.717) is 5.56 Å². The number of carbonyl (C=O) groups excluding carboxylic acids is 1. The third kappa shape index (κ3) is 5.30. The Morgan fingerprint density at radius 2 is 1.90 bits per heavy atom. The molecule has 1 aromatic carbocycles. The molecule has 0 saturated heterocycles. The van der Waals surface area contributed by atoms with Crippen molar-refractivity contribution in [2.45, 2.75) is 26.9 Å². The average molecular weight is 316 g/mol. The highest BCUT2D eigenvalue weighted by Crippen LogP contribution is 2.16. The van der Waals surface area contributed by atoms with E-state index in [1.54, 1.807) is 25.5 Å². The fourth-order valence-corrected chi connectivity index (χ4v) is 2.20. The van der Waals surface area contributed by atoms with E-state index in [4.69, 9.17) is 5.11 Å². The van der Waals surface area contributed by atoms with Crippen LogP contribution in [0.15, 0.2) is 18.2 Å². The summed E-state index contributed by atoms with van der Waals surface area (Å²) in [7, 11) is -4.20. The summed E-state index contributed by atoms with van der Waals surface area (Å²) >= 11 is 0. The normalized spacial score (nSPS) is 11.0. The van der Waals surface area contributed by atoms with Crippen LogP contribution in [0.1, 0.15) is 29.8 Å². The number of amides is 1.